The van der Waals surface area contributed by atoms with Gasteiger partial charge in [-0.15, -0.1) is 0 Å². The second kappa shape index (κ2) is 2.80. The molecule has 0 bridgehead atoms. The fourth-order valence-electron chi connectivity index (χ4n) is 0.931. The van der Waals surface area contributed by atoms with Gasteiger partial charge in [0, 0.05) is 6.92 Å². The van der Waals surface area contributed by atoms with Crippen molar-refractivity contribution in [1.29, 1.82) is 0 Å². The smallest absolute Gasteiger partial charge is 0.436 e. The minimum absolute atomic E-state index is 0.0278. The Morgan fingerprint density at radius 3 is 2.33 bits per heavy atom. The summed E-state index contributed by atoms with van der Waals surface area (Å²) in [6.07, 6.45) is -4.20. The fourth-order valence-corrected chi connectivity index (χ4v) is 0.931. The first-order valence-electron chi connectivity index (χ1n) is 3.48. The number of oxazole rings is 1. The predicted octanol–water partition coefficient (Wildman–Crippen LogP) is 2.56. The number of nitrogens with zero attached hydrogens (tertiary/aromatic N) is 1. The average molecular weight is 179 g/mol. The maximum absolute atomic E-state index is 12.1. The highest BCUT2D eigenvalue weighted by molar-refractivity contribution is 5.12. The Kier molecular flexibility index (Phi) is 2.12. The highest BCUT2D eigenvalue weighted by atomic mass is 19.4. The number of halogens is 3. The van der Waals surface area contributed by atoms with Crippen LogP contribution in [0.25, 0.3) is 0 Å². The third-order valence-corrected chi connectivity index (χ3v) is 1.40. The Labute approximate surface area is 67.4 Å². The molecule has 0 atom stereocenters. The molecule has 0 unspecified atom stereocenters. The van der Waals surface area contributed by atoms with Crippen LogP contribution in [0.15, 0.2) is 4.42 Å². The van der Waals surface area contributed by atoms with Gasteiger partial charge in [0.05, 0.1) is 5.69 Å². The molecule has 0 aliphatic heterocycles. The molecular weight excluding hydrogens is 171 g/mol. The molecule has 1 aromatic heterocycles. The lowest BCUT2D eigenvalue weighted by Crippen LogP contribution is -2.06. The van der Waals surface area contributed by atoms with E-state index in [1.54, 1.807) is 6.92 Å². The van der Waals surface area contributed by atoms with E-state index < -0.39 is 11.9 Å². The lowest BCUT2D eigenvalue weighted by molar-refractivity contribution is -0.154. The molecule has 0 fully saturated rings. The number of alkyl halides is 3. The first-order chi connectivity index (χ1) is 5.45. The number of rotatable bonds is 1. The van der Waals surface area contributed by atoms with Gasteiger partial charge in [-0.3, -0.25) is 0 Å². The van der Waals surface area contributed by atoms with E-state index >= 15 is 0 Å². The van der Waals surface area contributed by atoms with Crippen molar-refractivity contribution in [2.45, 2.75) is 26.4 Å². The molecule has 0 spiro atoms. The Morgan fingerprint density at radius 1 is 1.42 bits per heavy atom. The summed E-state index contributed by atoms with van der Waals surface area (Å²) < 4.78 is 40.8. The van der Waals surface area contributed by atoms with Gasteiger partial charge in [0.15, 0.2) is 5.89 Å². The lowest BCUT2D eigenvalue weighted by Gasteiger charge is -2.02. The van der Waals surface area contributed by atoms with Gasteiger partial charge in [0.25, 0.3) is 0 Å². The zero-order valence-electron chi connectivity index (χ0n) is 6.70. The molecule has 0 saturated carbocycles. The molecular formula is C7H8F3NO. The van der Waals surface area contributed by atoms with Crippen LogP contribution in [-0.2, 0) is 12.6 Å². The summed E-state index contributed by atoms with van der Waals surface area (Å²) in [6.45, 7) is 3.00. The molecule has 0 radical (unpaired) electrons. The molecule has 1 heterocycles. The van der Waals surface area contributed by atoms with Gasteiger partial charge in [0.1, 0.15) is 0 Å². The van der Waals surface area contributed by atoms with Gasteiger partial charge >= 0.3 is 6.18 Å². The van der Waals surface area contributed by atoms with Crippen molar-refractivity contribution < 1.29 is 17.6 Å². The zero-order chi connectivity index (χ0) is 9.35. The van der Waals surface area contributed by atoms with E-state index in [2.05, 4.69) is 9.40 Å². The van der Waals surface area contributed by atoms with Crippen molar-refractivity contribution in [3.05, 3.63) is 17.3 Å². The number of aromatic nitrogens is 1. The molecule has 0 amide bonds. The van der Waals surface area contributed by atoms with Crippen LogP contribution in [0.3, 0.4) is 0 Å². The van der Waals surface area contributed by atoms with Crippen LogP contribution in [0.5, 0.6) is 0 Å². The summed E-state index contributed by atoms with van der Waals surface area (Å²) >= 11 is 0. The van der Waals surface area contributed by atoms with Crippen LogP contribution in [0.1, 0.15) is 24.3 Å². The number of hydrogen-bond donors (Lipinski definition) is 0. The van der Waals surface area contributed by atoms with Crippen LogP contribution in [0, 0.1) is 6.92 Å². The first kappa shape index (κ1) is 9.09. The Balaban J connectivity index is 3.13. The third-order valence-electron chi connectivity index (χ3n) is 1.40. The predicted molar refractivity (Wildman–Crippen MR) is 35.6 cm³/mol. The van der Waals surface area contributed by atoms with Gasteiger partial charge < -0.3 is 4.42 Å². The highest BCUT2D eigenvalue weighted by Crippen LogP contribution is 2.32. The van der Waals surface area contributed by atoms with E-state index in [4.69, 9.17) is 0 Å². The van der Waals surface area contributed by atoms with E-state index in [-0.39, 0.29) is 18.0 Å². The highest BCUT2D eigenvalue weighted by Gasteiger charge is 2.38. The van der Waals surface area contributed by atoms with Crippen molar-refractivity contribution in [3.63, 3.8) is 0 Å². The summed E-state index contributed by atoms with van der Waals surface area (Å²) in [6, 6.07) is 0. The number of aryl methyl sites for hydroxylation is 2. The van der Waals surface area contributed by atoms with Crippen molar-refractivity contribution in [1.82, 2.24) is 4.98 Å². The second-order valence-corrected chi connectivity index (χ2v) is 2.36. The summed E-state index contributed by atoms with van der Waals surface area (Å²) in [5.74, 6) is -0.915. The second-order valence-electron chi connectivity index (χ2n) is 2.36. The maximum Gasteiger partial charge on any atom is 0.451 e. The Bertz CT molecular complexity index is 277. The largest absolute Gasteiger partial charge is 0.451 e. The van der Waals surface area contributed by atoms with Crippen LogP contribution in [0.2, 0.25) is 0 Å². The Morgan fingerprint density at radius 2 is 2.00 bits per heavy atom. The molecule has 0 saturated heterocycles. The van der Waals surface area contributed by atoms with Crippen LogP contribution in [0.4, 0.5) is 13.2 Å². The summed E-state index contributed by atoms with van der Waals surface area (Å²) in [5, 5.41) is 0. The van der Waals surface area contributed by atoms with E-state index in [0.29, 0.717) is 0 Å². The van der Waals surface area contributed by atoms with Crippen molar-refractivity contribution in [2.24, 2.45) is 0 Å². The molecule has 5 heteroatoms. The fraction of sp³-hybridized carbons (Fsp3) is 0.571. The standard InChI is InChI=1S/C7H8F3NO/c1-3-5-6(7(8,9)10)12-4(2)11-5/h3H2,1-2H3. The molecule has 0 aliphatic carbocycles. The minimum Gasteiger partial charge on any atom is -0.436 e. The zero-order valence-corrected chi connectivity index (χ0v) is 6.70. The average Bonchev–Trinajstić information content (AvgIpc) is 2.29. The number of hydrogen-bond acceptors (Lipinski definition) is 2. The summed E-state index contributed by atoms with van der Waals surface area (Å²) in [5.41, 5.74) is -0.0278. The van der Waals surface area contributed by atoms with Crippen LogP contribution >= 0.6 is 0 Å². The van der Waals surface area contributed by atoms with Crippen molar-refractivity contribution in [3.8, 4) is 0 Å². The van der Waals surface area contributed by atoms with Crippen molar-refractivity contribution in [2.75, 3.05) is 0 Å². The molecule has 1 aromatic rings. The van der Waals surface area contributed by atoms with Gasteiger partial charge in [-0.2, -0.15) is 13.2 Å². The molecule has 2 nitrogen and oxygen atoms in total. The normalized spacial score (nSPS) is 12.1. The molecule has 0 aliphatic rings. The quantitative estimate of drug-likeness (QED) is 0.662. The minimum atomic E-state index is -4.42. The summed E-state index contributed by atoms with van der Waals surface area (Å²) in [7, 11) is 0. The van der Waals surface area contributed by atoms with E-state index in [0.717, 1.165) is 0 Å². The molecule has 12 heavy (non-hydrogen) atoms. The van der Waals surface area contributed by atoms with Crippen LogP contribution in [-0.4, -0.2) is 4.98 Å². The monoisotopic (exact) mass is 179 g/mol. The van der Waals surface area contributed by atoms with Crippen molar-refractivity contribution >= 4 is 0 Å². The maximum atomic E-state index is 12.1. The first-order valence-corrected chi connectivity index (χ1v) is 3.48. The topological polar surface area (TPSA) is 26.0 Å². The van der Waals surface area contributed by atoms with E-state index in [1.807, 2.05) is 0 Å². The van der Waals surface area contributed by atoms with Gasteiger partial charge in [-0.1, -0.05) is 6.92 Å². The van der Waals surface area contributed by atoms with E-state index in [1.165, 1.54) is 6.92 Å². The summed E-state index contributed by atoms with van der Waals surface area (Å²) in [4.78, 5) is 3.61. The van der Waals surface area contributed by atoms with E-state index in [9.17, 15) is 13.2 Å². The molecule has 68 valence electrons. The molecule has 0 aromatic carbocycles. The SMILES string of the molecule is CCc1nc(C)oc1C(F)(F)F. The van der Waals surface area contributed by atoms with Gasteiger partial charge in [-0.05, 0) is 6.42 Å². The lowest BCUT2D eigenvalue weighted by atomic mass is 10.3. The Hall–Kier alpha value is -1.00. The third kappa shape index (κ3) is 1.60. The van der Waals surface area contributed by atoms with Crippen LogP contribution < -0.4 is 0 Å². The van der Waals surface area contributed by atoms with Gasteiger partial charge in [0.2, 0.25) is 5.76 Å². The molecule has 1 rings (SSSR count). The molecule has 0 N–H and O–H groups in total. The van der Waals surface area contributed by atoms with Gasteiger partial charge in [-0.25, -0.2) is 4.98 Å².